The summed E-state index contributed by atoms with van der Waals surface area (Å²) in [5.74, 6) is -1.22. The third-order valence-electron chi connectivity index (χ3n) is 2.29. The number of ether oxygens (including phenoxy) is 1. The highest BCUT2D eigenvalue weighted by atomic mass is 16.5. The second-order valence-electron chi connectivity index (χ2n) is 3.11. The number of carboxylic acids is 1. The SMILES string of the molecule is O=C(O)C1C(=CCO)O[C@@H]2CC(=O)N12. The standard InChI is InChI=1S/C8H9NO5/c10-2-1-4-7(8(12)13)9-5(11)3-6(9)14-4/h1,6-7,10H,2-3H2,(H,12,13)/t6-,7?/m1/s1. The molecule has 0 radical (unpaired) electrons. The van der Waals surface area contributed by atoms with Crippen LogP contribution in [0.25, 0.3) is 0 Å². The molecule has 2 rings (SSSR count). The summed E-state index contributed by atoms with van der Waals surface area (Å²) in [5.41, 5.74) is 0. The summed E-state index contributed by atoms with van der Waals surface area (Å²) >= 11 is 0. The fourth-order valence-electron chi connectivity index (χ4n) is 1.66. The van der Waals surface area contributed by atoms with Gasteiger partial charge in [-0.25, -0.2) is 4.79 Å². The zero-order valence-corrected chi connectivity index (χ0v) is 7.21. The van der Waals surface area contributed by atoms with Crippen LogP contribution in [0.2, 0.25) is 0 Å². The van der Waals surface area contributed by atoms with Gasteiger partial charge in [0.25, 0.3) is 0 Å². The van der Waals surface area contributed by atoms with Crippen molar-refractivity contribution in [1.29, 1.82) is 0 Å². The summed E-state index contributed by atoms with van der Waals surface area (Å²) in [4.78, 5) is 23.1. The molecule has 0 spiro atoms. The van der Waals surface area contributed by atoms with Crippen LogP contribution in [-0.2, 0) is 14.3 Å². The maximum absolute atomic E-state index is 11.1. The number of carbonyl (C=O) groups excluding carboxylic acids is 1. The molecule has 6 heteroatoms. The number of hydrogen-bond acceptors (Lipinski definition) is 4. The lowest BCUT2D eigenvalue weighted by Crippen LogP contribution is -2.54. The highest BCUT2D eigenvalue weighted by molar-refractivity contribution is 5.91. The van der Waals surface area contributed by atoms with Crippen molar-refractivity contribution >= 4 is 11.9 Å². The highest BCUT2D eigenvalue weighted by Crippen LogP contribution is 2.36. The Morgan fingerprint density at radius 1 is 1.71 bits per heavy atom. The molecule has 2 aliphatic rings. The van der Waals surface area contributed by atoms with Crippen molar-refractivity contribution in [2.24, 2.45) is 0 Å². The first-order valence-electron chi connectivity index (χ1n) is 4.16. The first-order valence-corrected chi connectivity index (χ1v) is 4.16. The van der Waals surface area contributed by atoms with Crippen LogP contribution in [0.3, 0.4) is 0 Å². The van der Waals surface area contributed by atoms with Crippen LogP contribution in [0.15, 0.2) is 11.8 Å². The number of aliphatic hydroxyl groups is 1. The van der Waals surface area contributed by atoms with Crippen molar-refractivity contribution in [3.63, 3.8) is 0 Å². The van der Waals surface area contributed by atoms with E-state index in [-0.39, 0.29) is 24.7 Å². The van der Waals surface area contributed by atoms with Gasteiger partial charge < -0.3 is 14.9 Å². The first kappa shape index (κ1) is 9.01. The second-order valence-corrected chi connectivity index (χ2v) is 3.11. The molecule has 2 fully saturated rings. The molecular weight excluding hydrogens is 190 g/mol. The number of amides is 1. The quantitative estimate of drug-likeness (QED) is 0.551. The van der Waals surface area contributed by atoms with Crippen LogP contribution in [0.4, 0.5) is 0 Å². The highest BCUT2D eigenvalue weighted by Gasteiger charge is 2.53. The van der Waals surface area contributed by atoms with Gasteiger partial charge in [0.1, 0.15) is 5.76 Å². The zero-order chi connectivity index (χ0) is 10.3. The van der Waals surface area contributed by atoms with Crippen molar-refractivity contribution < 1.29 is 24.5 Å². The summed E-state index contributed by atoms with van der Waals surface area (Å²) in [6.07, 6.45) is 1.03. The van der Waals surface area contributed by atoms with Crippen LogP contribution in [0.5, 0.6) is 0 Å². The van der Waals surface area contributed by atoms with Gasteiger partial charge in [0.05, 0.1) is 13.0 Å². The van der Waals surface area contributed by atoms with Gasteiger partial charge in [-0.1, -0.05) is 0 Å². The van der Waals surface area contributed by atoms with Gasteiger partial charge in [0.2, 0.25) is 5.91 Å². The third kappa shape index (κ3) is 1.07. The molecule has 6 nitrogen and oxygen atoms in total. The van der Waals surface area contributed by atoms with Gasteiger partial charge in [-0.05, 0) is 6.08 Å². The largest absolute Gasteiger partial charge is 0.479 e. The van der Waals surface area contributed by atoms with Crippen molar-refractivity contribution in [3.8, 4) is 0 Å². The van der Waals surface area contributed by atoms with E-state index in [0.29, 0.717) is 0 Å². The van der Waals surface area contributed by atoms with Gasteiger partial charge in [-0.3, -0.25) is 9.69 Å². The third-order valence-corrected chi connectivity index (χ3v) is 2.29. The van der Waals surface area contributed by atoms with Crippen molar-refractivity contribution in [2.45, 2.75) is 18.7 Å². The Bertz CT molecular complexity index is 324. The van der Waals surface area contributed by atoms with Gasteiger partial charge >= 0.3 is 5.97 Å². The number of carbonyl (C=O) groups is 2. The maximum atomic E-state index is 11.1. The molecule has 2 aliphatic heterocycles. The number of nitrogens with zero attached hydrogens (tertiary/aromatic N) is 1. The number of carboxylic acid groups (broad SMARTS) is 1. The van der Waals surface area contributed by atoms with Crippen molar-refractivity contribution in [1.82, 2.24) is 4.90 Å². The molecule has 2 atom stereocenters. The van der Waals surface area contributed by atoms with Crippen LogP contribution in [0.1, 0.15) is 6.42 Å². The predicted molar refractivity (Wildman–Crippen MR) is 42.9 cm³/mol. The minimum absolute atomic E-state index is 0.149. The van der Waals surface area contributed by atoms with E-state index in [2.05, 4.69) is 0 Å². The Morgan fingerprint density at radius 3 is 2.93 bits per heavy atom. The molecule has 76 valence electrons. The number of hydrogen-bond donors (Lipinski definition) is 2. The van der Waals surface area contributed by atoms with Crippen molar-refractivity contribution in [3.05, 3.63) is 11.8 Å². The Kier molecular flexibility index (Phi) is 1.92. The average Bonchev–Trinajstić information content (AvgIpc) is 2.39. The second kappa shape index (κ2) is 2.98. The molecule has 14 heavy (non-hydrogen) atoms. The summed E-state index contributed by atoms with van der Waals surface area (Å²) in [6, 6.07) is -1.06. The smallest absolute Gasteiger partial charge is 0.334 e. The fraction of sp³-hybridized carbons (Fsp3) is 0.500. The first-order chi connectivity index (χ1) is 6.65. The molecule has 1 unspecified atom stereocenters. The van der Waals surface area contributed by atoms with Crippen LogP contribution < -0.4 is 0 Å². The normalized spacial score (nSPS) is 32.5. The molecular formula is C8H9NO5. The number of aliphatic hydroxyl groups excluding tert-OH is 1. The Balaban J connectivity index is 2.26. The summed E-state index contributed by atoms with van der Waals surface area (Å²) in [5, 5.41) is 17.5. The molecule has 0 saturated carbocycles. The molecule has 0 aliphatic carbocycles. The van der Waals surface area contributed by atoms with E-state index in [1.807, 2.05) is 0 Å². The number of β-lactam (4-membered cyclic amide) rings is 1. The van der Waals surface area contributed by atoms with Gasteiger partial charge in [-0.15, -0.1) is 0 Å². The predicted octanol–water partition coefficient (Wildman–Crippen LogP) is -1.10. The van der Waals surface area contributed by atoms with E-state index in [9.17, 15) is 9.59 Å². The zero-order valence-electron chi connectivity index (χ0n) is 7.21. The van der Waals surface area contributed by atoms with E-state index in [0.717, 1.165) is 0 Å². The number of rotatable bonds is 2. The molecule has 2 saturated heterocycles. The van der Waals surface area contributed by atoms with Gasteiger partial charge in [0.15, 0.2) is 12.3 Å². The molecule has 2 heterocycles. The molecule has 0 aromatic carbocycles. The number of fused-ring (bicyclic) bond motifs is 1. The van der Waals surface area contributed by atoms with E-state index < -0.39 is 18.2 Å². The van der Waals surface area contributed by atoms with Gasteiger partial charge in [0, 0.05) is 0 Å². The number of aliphatic carboxylic acids is 1. The Hall–Kier alpha value is -1.56. The minimum Gasteiger partial charge on any atom is -0.479 e. The molecule has 0 aromatic heterocycles. The summed E-state index contributed by atoms with van der Waals surface area (Å²) < 4.78 is 5.17. The van der Waals surface area contributed by atoms with E-state index in [1.54, 1.807) is 0 Å². The van der Waals surface area contributed by atoms with Crippen molar-refractivity contribution in [2.75, 3.05) is 6.61 Å². The van der Waals surface area contributed by atoms with Crippen LogP contribution in [-0.4, -0.2) is 45.9 Å². The molecule has 2 N–H and O–H groups in total. The van der Waals surface area contributed by atoms with E-state index >= 15 is 0 Å². The molecule has 0 bridgehead atoms. The lowest BCUT2D eigenvalue weighted by molar-refractivity contribution is -0.163. The van der Waals surface area contributed by atoms with E-state index in [1.165, 1.54) is 11.0 Å². The summed E-state index contributed by atoms with van der Waals surface area (Å²) in [6.45, 7) is -0.298. The Labute approximate surface area is 79.4 Å². The van der Waals surface area contributed by atoms with Crippen LogP contribution >= 0.6 is 0 Å². The maximum Gasteiger partial charge on any atom is 0.334 e. The monoisotopic (exact) mass is 199 g/mol. The average molecular weight is 199 g/mol. The lowest BCUT2D eigenvalue weighted by Gasteiger charge is -2.33. The summed E-state index contributed by atoms with van der Waals surface area (Å²) in [7, 11) is 0. The molecule has 1 amide bonds. The van der Waals surface area contributed by atoms with Crippen LogP contribution in [0, 0.1) is 0 Å². The Morgan fingerprint density at radius 2 is 2.43 bits per heavy atom. The molecule has 0 aromatic rings. The lowest BCUT2D eigenvalue weighted by atomic mass is 10.1. The minimum atomic E-state index is -1.14. The van der Waals surface area contributed by atoms with Gasteiger partial charge in [-0.2, -0.15) is 0 Å². The fourth-order valence-corrected chi connectivity index (χ4v) is 1.66. The van der Waals surface area contributed by atoms with E-state index in [4.69, 9.17) is 14.9 Å². The topological polar surface area (TPSA) is 87.1 Å².